The molecule has 5 aromatic rings. The van der Waals surface area contributed by atoms with E-state index in [2.05, 4.69) is 37.2 Å². The second-order valence-corrected chi connectivity index (χ2v) is 26.8. The number of fused-ring (bicyclic) bond motifs is 15. The predicted octanol–water partition coefficient (Wildman–Crippen LogP) is -0.310. The van der Waals surface area contributed by atoms with Crippen LogP contribution in [0.3, 0.4) is 0 Å². The van der Waals surface area contributed by atoms with Gasteiger partial charge in [0.05, 0.1) is 59.5 Å². The summed E-state index contributed by atoms with van der Waals surface area (Å²) >= 11 is 14.2. The molecule has 12 rings (SSSR count). The number of aliphatic carboxylic acids is 1. The maximum absolute atomic E-state index is 16.1. The molecular weight excluding hydrogens is 1370 g/mol. The van der Waals surface area contributed by atoms with Gasteiger partial charge in [-0.3, -0.25) is 39.4 Å². The standard InChI is InChI=1S/C66H79Cl2N9O24/c1-23(2)12-34(71-5)58(88)76-49-51(83)26-7-10-38(32(67)14-26)97-40-16-28-17-41(55(40)101-65-56(54(86)53(85)42(22-78)99-65)100-44-21-66(4,70)57(87)24(3)96-44)98-39-11-8-27(15-33(39)68)52(84)50-63(93)75-48(64(94)95)31-18-29(79)19-37(81)45(31)30-13-25(6-9-36(30)80)46(60(90)77-50)74-61(91)47(28)73-59(89)35(20-43(69)82)72-62(49)92/h6-11,13-19,23-24,34-35,42,44,46-54,56-57,60,63,65,71,75,77-81,83-87,90,93H,12,20-22,70H2,1-5H3,(H2,69,82)(H,72,92)(H,73,89)(H,74,91)(H,76,88)(H,94,95)/t24-,34+,35-,42+,44-,46+,47+,48-,49?,50-,51+,52+,53+,54-,56+,57+,60?,63+,65?,66-/m0/s1. The Kier molecular flexibility index (Phi) is 22.9. The van der Waals surface area contributed by atoms with Crippen molar-refractivity contribution >= 4 is 58.7 Å². The van der Waals surface area contributed by atoms with Crippen molar-refractivity contribution in [3.8, 4) is 57.1 Å². The molecule has 7 aliphatic heterocycles. The zero-order valence-electron chi connectivity index (χ0n) is 54.6. The molecule has 101 heavy (non-hydrogen) atoms. The van der Waals surface area contributed by atoms with Crippen LogP contribution >= 0.6 is 23.2 Å². The molecule has 23 N–H and O–H groups in total. The third-order valence-corrected chi connectivity index (χ3v) is 18.7. The van der Waals surface area contributed by atoms with Crippen molar-refractivity contribution in [1.29, 1.82) is 0 Å². The number of carbonyl (C=O) groups is 6. The van der Waals surface area contributed by atoms with Gasteiger partial charge in [0.2, 0.25) is 41.6 Å². The normalized spacial score (nSPS) is 31.0. The number of aliphatic hydroxyl groups is 8. The summed E-state index contributed by atoms with van der Waals surface area (Å²) in [4.78, 5) is 86.8. The summed E-state index contributed by atoms with van der Waals surface area (Å²) in [5.74, 6) is -12.6. The van der Waals surface area contributed by atoms with Gasteiger partial charge in [-0.2, -0.15) is 0 Å². The van der Waals surface area contributed by atoms with Crippen LogP contribution in [-0.2, 0) is 43.0 Å². The Bertz CT molecular complexity index is 3970. The van der Waals surface area contributed by atoms with Gasteiger partial charge in [0.1, 0.15) is 89.8 Å². The number of halogens is 2. The van der Waals surface area contributed by atoms with Crippen LogP contribution < -0.4 is 62.9 Å². The van der Waals surface area contributed by atoms with Gasteiger partial charge < -0.3 is 128 Å². The molecule has 5 amide bonds. The minimum Gasteiger partial charge on any atom is -0.508 e. The first-order chi connectivity index (χ1) is 47.7. The number of carbonyl (C=O) groups excluding carboxylic acids is 5. The Morgan fingerprint density at radius 2 is 1.38 bits per heavy atom. The van der Waals surface area contributed by atoms with E-state index >= 15 is 9.59 Å². The maximum Gasteiger partial charge on any atom is 0.325 e. The first-order valence-electron chi connectivity index (χ1n) is 31.9. The molecule has 11 bridgehead atoms. The second kappa shape index (κ2) is 30.7. The van der Waals surface area contributed by atoms with Crippen molar-refractivity contribution in [1.82, 2.24) is 37.2 Å². The molecule has 3 unspecified atom stereocenters. The van der Waals surface area contributed by atoms with Crippen LogP contribution in [-0.4, -0.2) is 202 Å². The molecule has 546 valence electrons. The number of nitrogens with two attached hydrogens (primary N) is 2. The smallest absolute Gasteiger partial charge is 0.325 e. The van der Waals surface area contributed by atoms with Crippen LogP contribution in [0.25, 0.3) is 11.1 Å². The number of nitrogens with one attached hydrogen (secondary N) is 7. The summed E-state index contributed by atoms with van der Waals surface area (Å²) in [6, 6.07) is 0.721. The van der Waals surface area contributed by atoms with Crippen LogP contribution in [0.4, 0.5) is 0 Å². The molecule has 7 aliphatic rings. The fourth-order valence-electron chi connectivity index (χ4n) is 12.8. The molecule has 20 atom stereocenters. The number of ether oxygens (including phenoxy) is 6. The van der Waals surface area contributed by atoms with E-state index in [0.29, 0.717) is 0 Å². The van der Waals surface area contributed by atoms with Crippen molar-refractivity contribution in [3.63, 3.8) is 0 Å². The van der Waals surface area contributed by atoms with Crippen LogP contribution in [0.2, 0.25) is 10.0 Å². The highest BCUT2D eigenvalue weighted by atomic mass is 35.5. The van der Waals surface area contributed by atoms with E-state index in [0.717, 1.165) is 54.6 Å². The zero-order chi connectivity index (χ0) is 73.5. The maximum atomic E-state index is 16.1. The molecule has 0 aliphatic carbocycles. The van der Waals surface area contributed by atoms with Crippen molar-refractivity contribution in [2.45, 2.75) is 169 Å². The number of primary amides is 1. The van der Waals surface area contributed by atoms with Crippen molar-refractivity contribution in [2.75, 3.05) is 13.7 Å². The lowest BCUT2D eigenvalue weighted by Gasteiger charge is -2.47. The Hall–Kier alpha value is -8.30. The monoisotopic (exact) mass is 1450 g/mol. The van der Waals surface area contributed by atoms with Crippen LogP contribution in [0.5, 0.6) is 46.0 Å². The molecule has 0 radical (unpaired) electrons. The summed E-state index contributed by atoms with van der Waals surface area (Å²) in [7, 11) is 1.48. The molecule has 35 heteroatoms. The third-order valence-electron chi connectivity index (χ3n) is 18.1. The number of benzene rings is 5. The fraction of sp³-hybridized carbons (Fsp3) is 0.455. The molecule has 0 aromatic heterocycles. The van der Waals surface area contributed by atoms with Crippen LogP contribution in [0.1, 0.15) is 105 Å². The topological polar surface area (TPSA) is 537 Å². The molecule has 2 saturated heterocycles. The number of likely N-dealkylation sites (N-methyl/N-ethyl adjacent to an activating group) is 1. The van der Waals surface area contributed by atoms with Gasteiger partial charge >= 0.3 is 5.97 Å². The Morgan fingerprint density at radius 1 is 0.743 bits per heavy atom. The number of hydrogen-bond acceptors (Lipinski definition) is 27. The zero-order valence-corrected chi connectivity index (χ0v) is 56.1. The largest absolute Gasteiger partial charge is 0.508 e. The number of phenols is 3. The van der Waals surface area contributed by atoms with Crippen molar-refractivity contribution in [3.05, 3.63) is 117 Å². The SMILES string of the molecule is CN[C@H](CC(C)C)C(=O)NC1C(=O)N[C@@H](CC(N)=O)C(=O)N[C@H]2C(=O)N[C@@H]3c4ccc(O)c(c4)-c4c(O)cc(O)cc4[C@@H](C(=O)O)N[C@H](O)[C@@H](NC3O)[C@H](O)c3ccc(c(Cl)c3)Oc3cc2cc(c3OC2O[C@H](CO)[C@@H](O)[C@H](O)[C@H]2O[C@H]2C[C@](C)(N)[C@H](O)[C@H](C)O2)Oc2ccc(cc2Cl)[C@H]1O. The summed E-state index contributed by atoms with van der Waals surface area (Å²) in [6.07, 6.45) is -22.8. The Morgan fingerprint density at radius 3 is 1.96 bits per heavy atom. The summed E-state index contributed by atoms with van der Waals surface area (Å²) in [5, 5.41) is 157. The van der Waals surface area contributed by atoms with Gasteiger partial charge in [-0.05, 0) is 116 Å². The third kappa shape index (κ3) is 16.2. The lowest BCUT2D eigenvalue weighted by atomic mass is 9.86. The second-order valence-electron chi connectivity index (χ2n) is 26.0. The van der Waals surface area contributed by atoms with E-state index in [1.807, 2.05) is 13.8 Å². The Balaban J connectivity index is 1.24. The average Bonchev–Trinajstić information content (AvgIpc) is 0.772. The van der Waals surface area contributed by atoms with Gasteiger partial charge in [-0.15, -0.1) is 0 Å². The number of carboxylic acid groups (broad SMARTS) is 1. The summed E-state index contributed by atoms with van der Waals surface area (Å²) in [6.45, 7) is 5.70. The Labute approximate surface area is 585 Å². The molecule has 0 saturated carbocycles. The van der Waals surface area contributed by atoms with E-state index in [1.54, 1.807) is 0 Å². The first-order valence-corrected chi connectivity index (χ1v) is 32.7. The number of amides is 5. The fourth-order valence-corrected chi connectivity index (χ4v) is 13.2. The molecule has 33 nitrogen and oxygen atoms in total. The number of phenolic OH excluding ortho intramolecular Hbond substituents is 3. The number of aromatic hydroxyl groups is 3. The average molecular weight is 1450 g/mol. The van der Waals surface area contributed by atoms with E-state index in [4.69, 9.17) is 63.1 Å². The van der Waals surface area contributed by atoms with Crippen molar-refractivity contribution < 1.29 is 118 Å². The lowest BCUT2D eigenvalue weighted by molar-refractivity contribution is -0.333. The summed E-state index contributed by atoms with van der Waals surface area (Å²) < 4.78 is 38.4. The quantitative estimate of drug-likeness (QED) is 0.0719. The molecular formula is C66H79Cl2N9O24. The van der Waals surface area contributed by atoms with Gasteiger partial charge in [0, 0.05) is 29.2 Å². The lowest BCUT2D eigenvalue weighted by Crippen LogP contribution is -2.64. The number of hydrogen-bond donors (Lipinski definition) is 21. The minimum absolute atomic E-state index is 0.0893. The number of aliphatic hydroxyl groups excluding tert-OH is 8. The highest BCUT2D eigenvalue weighted by Gasteiger charge is 2.51. The van der Waals surface area contributed by atoms with Gasteiger partial charge in [-0.25, -0.2) is 0 Å². The first kappa shape index (κ1) is 75.4. The molecule has 5 aromatic carbocycles. The molecule has 2 fully saturated rings. The van der Waals surface area contributed by atoms with Gasteiger partial charge in [0.15, 0.2) is 23.9 Å². The van der Waals surface area contributed by atoms with Gasteiger partial charge in [-0.1, -0.05) is 55.2 Å². The number of carboxylic acids is 1. The van der Waals surface area contributed by atoms with E-state index in [-0.39, 0.29) is 57.0 Å². The summed E-state index contributed by atoms with van der Waals surface area (Å²) in [5.41, 5.74) is 8.55. The molecule has 7 heterocycles. The van der Waals surface area contributed by atoms with Gasteiger partial charge in [0.25, 0.3) is 0 Å². The van der Waals surface area contributed by atoms with E-state index in [9.17, 15) is 80.5 Å². The van der Waals surface area contributed by atoms with Crippen molar-refractivity contribution in [2.24, 2.45) is 17.4 Å². The highest BCUT2D eigenvalue weighted by Crippen LogP contribution is 2.50. The molecule has 0 spiro atoms. The highest BCUT2D eigenvalue weighted by molar-refractivity contribution is 6.32. The minimum atomic E-state index is -2.32. The van der Waals surface area contributed by atoms with E-state index in [1.165, 1.54) is 45.2 Å². The predicted molar refractivity (Wildman–Crippen MR) is 351 cm³/mol. The van der Waals surface area contributed by atoms with Crippen LogP contribution in [0, 0.1) is 5.92 Å². The number of rotatable bonds is 13. The van der Waals surface area contributed by atoms with Crippen LogP contribution in [0.15, 0.2) is 78.9 Å². The van der Waals surface area contributed by atoms with E-state index < -0.39 is 227 Å².